The molecule has 0 bridgehead atoms. The fraction of sp³-hybridized carbons (Fsp3) is 0.857. The molecular formula is C14H26O5. The van der Waals surface area contributed by atoms with E-state index < -0.39 is 11.9 Å². The maximum atomic E-state index is 11.8. The number of hydrogen-bond acceptors (Lipinski definition) is 4. The summed E-state index contributed by atoms with van der Waals surface area (Å²) in [6, 6.07) is 0. The molecule has 0 fully saturated rings. The van der Waals surface area contributed by atoms with Crippen LogP contribution >= 0.6 is 0 Å². The second-order valence-electron chi connectivity index (χ2n) is 4.82. The van der Waals surface area contributed by atoms with Gasteiger partial charge in [-0.1, -0.05) is 25.7 Å². The predicted molar refractivity (Wildman–Crippen MR) is 71.9 cm³/mol. The van der Waals surface area contributed by atoms with Crippen molar-refractivity contribution >= 4 is 11.8 Å². The summed E-state index contributed by atoms with van der Waals surface area (Å²) >= 11 is 0. The number of carboxylic acids is 1. The van der Waals surface area contributed by atoms with Gasteiger partial charge in [-0.15, -0.1) is 0 Å². The molecule has 3 N–H and O–H groups in total. The second kappa shape index (κ2) is 12.1. The largest absolute Gasteiger partial charge is 0.481 e. The molecule has 0 saturated heterocycles. The van der Waals surface area contributed by atoms with Gasteiger partial charge in [-0.3, -0.25) is 9.59 Å². The number of aliphatic carboxylic acids is 1. The molecular weight excluding hydrogens is 248 g/mol. The van der Waals surface area contributed by atoms with Crippen molar-refractivity contribution in [2.45, 2.75) is 57.8 Å². The Morgan fingerprint density at radius 2 is 1.32 bits per heavy atom. The van der Waals surface area contributed by atoms with E-state index in [0.29, 0.717) is 32.1 Å². The van der Waals surface area contributed by atoms with Crippen LogP contribution in [0.1, 0.15) is 57.8 Å². The molecule has 0 aliphatic rings. The zero-order valence-electron chi connectivity index (χ0n) is 11.5. The molecule has 0 spiro atoms. The highest BCUT2D eigenvalue weighted by molar-refractivity contribution is 5.98. The van der Waals surface area contributed by atoms with Gasteiger partial charge in [-0.25, -0.2) is 0 Å². The molecule has 5 nitrogen and oxygen atoms in total. The number of carbonyl (C=O) groups is 2. The van der Waals surface area contributed by atoms with Crippen molar-refractivity contribution < 1.29 is 24.9 Å². The van der Waals surface area contributed by atoms with Gasteiger partial charge in [0.2, 0.25) is 0 Å². The molecule has 0 heterocycles. The fourth-order valence-electron chi connectivity index (χ4n) is 2.00. The molecule has 0 rings (SSSR count). The fourth-order valence-corrected chi connectivity index (χ4v) is 2.00. The molecule has 0 aromatic rings. The Morgan fingerprint density at radius 1 is 0.789 bits per heavy atom. The Kier molecular flexibility index (Phi) is 11.5. The van der Waals surface area contributed by atoms with Gasteiger partial charge >= 0.3 is 5.97 Å². The SMILES string of the molecule is O=C(O)C(CCCCCO)C(=O)CCCCCCO. The molecule has 0 aromatic heterocycles. The minimum Gasteiger partial charge on any atom is -0.481 e. The molecule has 1 unspecified atom stereocenters. The van der Waals surface area contributed by atoms with E-state index in [2.05, 4.69) is 0 Å². The number of unbranched alkanes of at least 4 members (excludes halogenated alkanes) is 5. The molecule has 112 valence electrons. The monoisotopic (exact) mass is 274 g/mol. The van der Waals surface area contributed by atoms with Crippen molar-refractivity contribution in [3.8, 4) is 0 Å². The van der Waals surface area contributed by atoms with Gasteiger partial charge in [-0.2, -0.15) is 0 Å². The van der Waals surface area contributed by atoms with Crippen molar-refractivity contribution in [2.24, 2.45) is 5.92 Å². The van der Waals surface area contributed by atoms with E-state index in [4.69, 9.17) is 15.3 Å². The Hall–Kier alpha value is -0.940. The van der Waals surface area contributed by atoms with E-state index >= 15 is 0 Å². The van der Waals surface area contributed by atoms with Gasteiger partial charge in [-0.05, 0) is 25.7 Å². The number of carboxylic acid groups (broad SMARTS) is 1. The van der Waals surface area contributed by atoms with E-state index in [0.717, 1.165) is 25.7 Å². The Labute approximate surface area is 114 Å². The van der Waals surface area contributed by atoms with Crippen LogP contribution < -0.4 is 0 Å². The van der Waals surface area contributed by atoms with Crippen LogP contribution in [0.4, 0.5) is 0 Å². The first-order valence-electron chi connectivity index (χ1n) is 7.10. The lowest BCUT2D eigenvalue weighted by Gasteiger charge is -2.11. The molecule has 0 aromatic carbocycles. The highest BCUT2D eigenvalue weighted by atomic mass is 16.4. The third kappa shape index (κ3) is 9.62. The first-order valence-corrected chi connectivity index (χ1v) is 7.10. The van der Waals surface area contributed by atoms with E-state index in [1.54, 1.807) is 0 Å². The number of hydrogen-bond donors (Lipinski definition) is 3. The molecule has 0 aliphatic heterocycles. The van der Waals surface area contributed by atoms with Crippen LogP contribution in [0.3, 0.4) is 0 Å². The van der Waals surface area contributed by atoms with Gasteiger partial charge in [0.25, 0.3) is 0 Å². The number of Topliss-reactive ketones (excluding diaryl/α,β-unsaturated/α-hetero) is 1. The molecule has 0 saturated carbocycles. The maximum Gasteiger partial charge on any atom is 0.314 e. The van der Waals surface area contributed by atoms with Gasteiger partial charge in [0.15, 0.2) is 0 Å². The summed E-state index contributed by atoms with van der Waals surface area (Å²) in [6.07, 6.45) is 5.89. The topological polar surface area (TPSA) is 94.8 Å². The zero-order valence-corrected chi connectivity index (χ0v) is 11.5. The highest BCUT2D eigenvalue weighted by Crippen LogP contribution is 2.15. The summed E-state index contributed by atoms with van der Waals surface area (Å²) in [4.78, 5) is 22.8. The third-order valence-electron chi connectivity index (χ3n) is 3.17. The van der Waals surface area contributed by atoms with Gasteiger partial charge < -0.3 is 15.3 Å². The van der Waals surface area contributed by atoms with Crippen LogP contribution in [0, 0.1) is 5.92 Å². The van der Waals surface area contributed by atoms with Gasteiger partial charge in [0.05, 0.1) is 0 Å². The smallest absolute Gasteiger partial charge is 0.314 e. The second-order valence-corrected chi connectivity index (χ2v) is 4.82. The lowest BCUT2D eigenvalue weighted by atomic mass is 9.93. The van der Waals surface area contributed by atoms with Crippen molar-refractivity contribution in [1.82, 2.24) is 0 Å². The van der Waals surface area contributed by atoms with Crippen LogP contribution in [0.15, 0.2) is 0 Å². The molecule has 0 amide bonds. The average Bonchev–Trinajstić information content (AvgIpc) is 2.37. The number of carbonyl (C=O) groups excluding carboxylic acids is 1. The van der Waals surface area contributed by atoms with E-state index in [-0.39, 0.29) is 19.0 Å². The number of ketones is 1. The summed E-state index contributed by atoms with van der Waals surface area (Å²) in [7, 11) is 0. The minimum atomic E-state index is -1.04. The summed E-state index contributed by atoms with van der Waals surface area (Å²) in [5.74, 6) is -2.12. The predicted octanol–water partition coefficient (Wildman–Crippen LogP) is 1.75. The average molecular weight is 274 g/mol. The summed E-state index contributed by atoms with van der Waals surface area (Å²) < 4.78 is 0. The Morgan fingerprint density at radius 3 is 1.84 bits per heavy atom. The Bertz CT molecular complexity index is 252. The standard InChI is InChI=1S/C14H26O5/c15-10-6-2-1-5-9-13(17)12(14(18)19)8-4-3-7-11-16/h12,15-16H,1-11H2,(H,18,19). The quantitative estimate of drug-likeness (QED) is 0.351. The molecule has 0 aliphatic carbocycles. The van der Waals surface area contributed by atoms with Crippen molar-refractivity contribution in [3.05, 3.63) is 0 Å². The lowest BCUT2D eigenvalue weighted by molar-refractivity contribution is -0.146. The van der Waals surface area contributed by atoms with Crippen LogP contribution in [0.2, 0.25) is 0 Å². The lowest BCUT2D eigenvalue weighted by Crippen LogP contribution is -2.23. The first kappa shape index (κ1) is 18.1. The van der Waals surface area contributed by atoms with Gasteiger partial charge in [0.1, 0.15) is 11.7 Å². The normalized spacial score (nSPS) is 12.3. The molecule has 19 heavy (non-hydrogen) atoms. The van der Waals surface area contributed by atoms with Gasteiger partial charge in [0, 0.05) is 19.6 Å². The van der Waals surface area contributed by atoms with Crippen LogP contribution in [0.25, 0.3) is 0 Å². The summed E-state index contributed by atoms with van der Waals surface area (Å²) in [6.45, 7) is 0.271. The van der Waals surface area contributed by atoms with Crippen LogP contribution in [0.5, 0.6) is 0 Å². The van der Waals surface area contributed by atoms with Crippen LogP contribution in [-0.2, 0) is 9.59 Å². The minimum absolute atomic E-state index is 0.108. The molecule has 0 radical (unpaired) electrons. The molecule has 5 heteroatoms. The van der Waals surface area contributed by atoms with Crippen molar-refractivity contribution in [1.29, 1.82) is 0 Å². The zero-order chi connectivity index (χ0) is 14.5. The van der Waals surface area contributed by atoms with E-state index in [1.165, 1.54) is 0 Å². The third-order valence-corrected chi connectivity index (χ3v) is 3.17. The number of rotatable bonds is 13. The van der Waals surface area contributed by atoms with E-state index in [9.17, 15) is 9.59 Å². The molecule has 1 atom stereocenters. The summed E-state index contributed by atoms with van der Waals surface area (Å²) in [5, 5.41) is 26.3. The van der Waals surface area contributed by atoms with Crippen molar-refractivity contribution in [2.75, 3.05) is 13.2 Å². The van der Waals surface area contributed by atoms with Crippen molar-refractivity contribution in [3.63, 3.8) is 0 Å². The highest BCUT2D eigenvalue weighted by Gasteiger charge is 2.24. The maximum absolute atomic E-state index is 11.8. The van der Waals surface area contributed by atoms with Crippen LogP contribution in [-0.4, -0.2) is 40.3 Å². The number of aliphatic hydroxyl groups is 2. The Balaban J connectivity index is 3.88. The summed E-state index contributed by atoms with van der Waals surface area (Å²) in [5.41, 5.74) is 0. The first-order chi connectivity index (χ1) is 9.13. The van der Waals surface area contributed by atoms with E-state index in [1.807, 2.05) is 0 Å². The number of aliphatic hydroxyl groups excluding tert-OH is 2.